The van der Waals surface area contributed by atoms with Crippen LogP contribution in [0.4, 0.5) is 17.6 Å². The molecular weight excluding hydrogens is 581 g/mol. The van der Waals surface area contributed by atoms with Crippen molar-refractivity contribution in [3.8, 4) is 17.1 Å². The van der Waals surface area contributed by atoms with E-state index in [2.05, 4.69) is 20.5 Å². The zero-order valence-electron chi connectivity index (χ0n) is 20.2. The van der Waals surface area contributed by atoms with Crippen LogP contribution in [0, 0.1) is 0 Å². The van der Waals surface area contributed by atoms with Crippen LogP contribution in [-0.2, 0) is 13.1 Å². The number of nitrogens with zero attached hydrogens (tertiary/aromatic N) is 6. The normalized spacial score (nSPS) is 17.6. The van der Waals surface area contributed by atoms with E-state index in [1.807, 2.05) is 0 Å². The molecule has 16 heteroatoms. The van der Waals surface area contributed by atoms with Crippen LogP contribution >= 0.6 is 23.2 Å². The van der Waals surface area contributed by atoms with Gasteiger partial charge in [0.05, 0.1) is 28.9 Å². The number of carbonyl (C=O) groups is 1. The van der Waals surface area contributed by atoms with Gasteiger partial charge in [0.2, 0.25) is 0 Å². The van der Waals surface area contributed by atoms with Crippen LogP contribution in [0.5, 0.6) is 0 Å². The van der Waals surface area contributed by atoms with E-state index in [1.165, 1.54) is 53.5 Å². The predicted octanol–water partition coefficient (Wildman–Crippen LogP) is 3.41. The van der Waals surface area contributed by atoms with Gasteiger partial charge in [0, 0.05) is 17.0 Å². The van der Waals surface area contributed by atoms with E-state index in [4.69, 9.17) is 23.2 Å². The second-order valence-corrected chi connectivity index (χ2v) is 9.86. The quantitative estimate of drug-likeness (QED) is 0.300. The summed E-state index contributed by atoms with van der Waals surface area (Å²) in [5, 5.41) is 21.1. The maximum absolute atomic E-state index is 13.3. The van der Waals surface area contributed by atoms with E-state index >= 15 is 0 Å². The second-order valence-electron chi connectivity index (χ2n) is 9.01. The van der Waals surface area contributed by atoms with Crippen LogP contribution < -0.4 is 11.0 Å². The summed E-state index contributed by atoms with van der Waals surface area (Å²) in [6.45, 7) is -1.46. The number of alkyl halides is 4. The van der Waals surface area contributed by atoms with Crippen LogP contribution in [-0.4, -0.2) is 64.6 Å². The first-order valence-corrected chi connectivity index (χ1v) is 12.5. The van der Waals surface area contributed by atoms with Crippen molar-refractivity contribution in [2.45, 2.75) is 44.0 Å². The lowest BCUT2D eigenvalue weighted by atomic mass is 10.1. The zero-order valence-corrected chi connectivity index (χ0v) is 21.7. The number of aliphatic hydroxyl groups is 1. The molecular formula is C24H19Cl2F4N7O3. The first-order valence-electron chi connectivity index (χ1n) is 11.7. The molecule has 0 spiro atoms. The number of halogens is 6. The number of para-hydroxylation sites is 1. The smallest absolute Gasteiger partial charge is 0.382 e. The molecule has 2 aromatic heterocycles. The summed E-state index contributed by atoms with van der Waals surface area (Å²) in [5.74, 6) is -0.686. The Labute approximate surface area is 232 Å². The number of aromatic nitrogens is 6. The molecule has 0 radical (unpaired) electrons. The standard InChI is InChI=1S/C24H19Cl2F4N7O3/c25-13-6-4-12(5-7-13)21-34-36(23(40)35(21)9-18(38)24(28,29)30)10-19-31-11-37(33-19)20-14(2-1-3-15(20)26)22(39)32-17-8-16(17)27/h1-7,11,16-18,38H,8-10H2,(H,32,39)/t16-,17+,18-/m1/s1. The topological polar surface area (TPSA) is 120 Å². The summed E-state index contributed by atoms with van der Waals surface area (Å²) in [5.41, 5.74) is -0.404. The minimum atomic E-state index is -4.97. The highest BCUT2D eigenvalue weighted by molar-refractivity contribution is 6.33. The highest BCUT2D eigenvalue weighted by atomic mass is 35.5. The highest BCUT2D eigenvalue weighted by Crippen LogP contribution is 2.28. The highest BCUT2D eigenvalue weighted by Gasteiger charge is 2.40. The Bertz CT molecular complexity index is 1620. The number of nitrogens with one attached hydrogen (secondary N) is 1. The number of benzene rings is 2. The van der Waals surface area contributed by atoms with Crippen molar-refractivity contribution in [2.75, 3.05) is 0 Å². The largest absolute Gasteiger partial charge is 0.416 e. The van der Waals surface area contributed by atoms with E-state index < -0.39 is 42.6 Å². The Morgan fingerprint density at radius 3 is 2.50 bits per heavy atom. The molecule has 0 saturated heterocycles. The average molecular weight is 600 g/mol. The Hall–Kier alpha value is -3.75. The Morgan fingerprint density at radius 2 is 1.85 bits per heavy atom. The van der Waals surface area contributed by atoms with Gasteiger partial charge in [0.25, 0.3) is 5.91 Å². The summed E-state index contributed by atoms with van der Waals surface area (Å²) in [4.78, 5) is 29.9. The lowest BCUT2D eigenvalue weighted by Gasteiger charge is -2.15. The van der Waals surface area contributed by atoms with Crippen LogP contribution in [0.25, 0.3) is 17.1 Å². The molecule has 0 aliphatic heterocycles. The van der Waals surface area contributed by atoms with Crippen LogP contribution in [0.15, 0.2) is 53.6 Å². The first kappa shape index (κ1) is 27.8. The molecule has 2 N–H and O–H groups in total. The zero-order chi connectivity index (χ0) is 28.8. The van der Waals surface area contributed by atoms with E-state index in [-0.39, 0.29) is 46.5 Å². The van der Waals surface area contributed by atoms with Gasteiger partial charge in [-0.25, -0.2) is 23.5 Å². The molecule has 1 saturated carbocycles. The van der Waals surface area contributed by atoms with Crippen molar-refractivity contribution in [2.24, 2.45) is 0 Å². The Balaban J connectivity index is 1.47. The summed E-state index contributed by atoms with van der Waals surface area (Å²) in [6.07, 6.45) is -7.45. The third-order valence-corrected chi connectivity index (χ3v) is 6.64. The maximum Gasteiger partial charge on any atom is 0.416 e. The Morgan fingerprint density at radius 1 is 1.15 bits per heavy atom. The summed E-state index contributed by atoms with van der Waals surface area (Å²) in [6, 6.07) is 9.83. The average Bonchev–Trinajstić information content (AvgIpc) is 3.26. The molecule has 40 heavy (non-hydrogen) atoms. The second kappa shape index (κ2) is 10.7. The van der Waals surface area contributed by atoms with Gasteiger partial charge in [0.15, 0.2) is 17.8 Å². The van der Waals surface area contributed by atoms with Gasteiger partial charge in [-0.2, -0.15) is 13.2 Å². The molecule has 1 aliphatic rings. The van der Waals surface area contributed by atoms with Crippen molar-refractivity contribution < 1.29 is 27.5 Å². The van der Waals surface area contributed by atoms with Gasteiger partial charge in [-0.15, -0.1) is 10.2 Å². The molecule has 1 fully saturated rings. The molecule has 10 nitrogen and oxygen atoms in total. The van der Waals surface area contributed by atoms with Crippen molar-refractivity contribution in [1.29, 1.82) is 0 Å². The van der Waals surface area contributed by atoms with Crippen molar-refractivity contribution in [1.82, 2.24) is 34.4 Å². The molecule has 0 unspecified atom stereocenters. The summed E-state index contributed by atoms with van der Waals surface area (Å²) >= 11 is 12.2. The minimum absolute atomic E-state index is 0.0167. The van der Waals surface area contributed by atoms with E-state index in [0.29, 0.717) is 9.59 Å². The van der Waals surface area contributed by atoms with Crippen molar-refractivity contribution in [3.63, 3.8) is 0 Å². The summed E-state index contributed by atoms with van der Waals surface area (Å²) in [7, 11) is 0. The number of hydrogen-bond acceptors (Lipinski definition) is 6. The van der Waals surface area contributed by atoms with Crippen molar-refractivity contribution in [3.05, 3.63) is 80.7 Å². The lowest BCUT2D eigenvalue weighted by Crippen LogP contribution is -2.37. The third kappa shape index (κ3) is 5.74. The number of amides is 1. The fourth-order valence-electron chi connectivity index (χ4n) is 3.90. The molecule has 2 aromatic carbocycles. The number of aliphatic hydroxyl groups excluding tert-OH is 1. The van der Waals surface area contributed by atoms with E-state index in [9.17, 15) is 32.3 Å². The maximum atomic E-state index is 13.3. The molecule has 3 atom stereocenters. The van der Waals surface area contributed by atoms with Gasteiger partial charge in [-0.05, 0) is 36.4 Å². The predicted molar refractivity (Wildman–Crippen MR) is 135 cm³/mol. The van der Waals surface area contributed by atoms with Gasteiger partial charge >= 0.3 is 11.9 Å². The SMILES string of the molecule is O=C(N[C@H]1C[C@H]1F)c1cccc(Cl)c1-n1cnc(Cn2nc(-c3ccc(Cl)cc3)n(C[C@@H](O)C(F)(F)F)c2=O)n1. The van der Waals surface area contributed by atoms with Crippen LogP contribution in [0.1, 0.15) is 22.6 Å². The minimum Gasteiger partial charge on any atom is -0.382 e. The van der Waals surface area contributed by atoms with Crippen molar-refractivity contribution >= 4 is 29.1 Å². The fourth-order valence-corrected chi connectivity index (χ4v) is 4.29. The van der Waals surface area contributed by atoms with Gasteiger partial charge in [0.1, 0.15) is 19.0 Å². The summed E-state index contributed by atoms with van der Waals surface area (Å²) < 4.78 is 55.3. The van der Waals surface area contributed by atoms with Gasteiger partial charge < -0.3 is 10.4 Å². The van der Waals surface area contributed by atoms with E-state index in [0.717, 1.165) is 4.68 Å². The molecule has 4 aromatic rings. The van der Waals surface area contributed by atoms with Gasteiger partial charge in [-0.1, -0.05) is 29.3 Å². The number of hydrogen-bond donors (Lipinski definition) is 2. The third-order valence-electron chi connectivity index (χ3n) is 6.08. The van der Waals surface area contributed by atoms with Crippen LogP contribution in [0.3, 0.4) is 0 Å². The molecule has 2 heterocycles. The molecule has 1 amide bonds. The Kier molecular flexibility index (Phi) is 7.42. The molecule has 210 valence electrons. The first-order chi connectivity index (χ1) is 18.9. The molecule has 1 aliphatic carbocycles. The monoisotopic (exact) mass is 599 g/mol. The molecule has 0 bridgehead atoms. The number of rotatable bonds is 8. The van der Waals surface area contributed by atoms with Gasteiger partial charge in [-0.3, -0.25) is 9.36 Å². The number of carbonyl (C=O) groups excluding carboxylic acids is 1. The van der Waals surface area contributed by atoms with E-state index in [1.54, 1.807) is 0 Å². The molecule has 5 rings (SSSR count). The van der Waals surface area contributed by atoms with Crippen LogP contribution in [0.2, 0.25) is 10.0 Å². The fraction of sp³-hybridized carbons (Fsp3) is 0.292. The lowest BCUT2D eigenvalue weighted by molar-refractivity contribution is -0.207.